The third kappa shape index (κ3) is 4.79. The SMILES string of the molecule is CCOC(=O)C(CC)CCNC(=O)c1nc(OCC2CC2)ccc1N1CCC12COC2. The molecule has 3 aliphatic rings. The summed E-state index contributed by atoms with van der Waals surface area (Å²) in [5.74, 6) is 0.428. The summed E-state index contributed by atoms with van der Waals surface area (Å²) in [7, 11) is 0. The standard InChI is InChI=1S/C23H33N3O5/c1-3-17(22(28)30-4-2)9-11-24-21(27)20-18(26-12-10-23(26)14-29-15-23)7-8-19(25-20)31-13-16-5-6-16/h7-8,16-17H,3-6,9-15H2,1-2H3,(H,24,27). The Hall–Kier alpha value is -2.35. The van der Waals surface area contributed by atoms with E-state index in [0.29, 0.717) is 63.3 Å². The maximum Gasteiger partial charge on any atom is 0.308 e. The molecule has 1 atom stereocenters. The van der Waals surface area contributed by atoms with Crippen molar-refractivity contribution in [2.45, 2.75) is 51.5 Å². The molecular formula is C23H33N3O5. The highest BCUT2D eigenvalue weighted by molar-refractivity contribution is 5.98. The van der Waals surface area contributed by atoms with Gasteiger partial charge in [0.15, 0.2) is 5.69 Å². The van der Waals surface area contributed by atoms with Crippen molar-refractivity contribution < 1.29 is 23.8 Å². The van der Waals surface area contributed by atoms with Gasteiger partial charge in [-0.1, -0.05) is 6.92 Å². The number of ether oxygens (including phenoxy) is 3. The van der Waals surface area contributed by atoms with Gasteiger partial charge in [0, 0.05) is 19.2 Å². The van der Waals surface area contributed by atoms with Crippen LogP contribution in [0.5, 0.6) is 5.88 Å². The van der Waals surface area contributed by atoms with Crippen LogP contribution < -0.4 is 15.0 Å². The van der Waals surface area contributed by atoms with Gasteiger partial charge < -0.3 is 24.4 Å². The monoisotopic (exact) mass is 431 g/mol. The van der Waals surface area contributed by atoms with Gasteiger partial charge in [-0.25, -0.2) is 4.98 Å². The van der Waals surface area contributed by atoms with E-state index < -0.39 is 0 Å². The lowest BCUT2D eigenvalue weighted by Crippen LogP contribution is -2.71. The average molecular weight is 432 g/mol. The topological polar surface area (TPSA) is 90.0 Å². The van der Waals surface area contributed by atoms with Crippen molar-refractivity contribution in [2.75, 3.05) is 44.4 Å². The second-order valence-corrected chi connectivity index (χ2v) is 8.79. The van der Waals surface area contributed by atoms with Crippen LogP contribution in [0.2, 0.25) is 0 Å². The van der Waals surface area contributed by atoms with E-state index in [4.69, 9.17) is 14.2 Å². The minimum absolute atomic E-state index is 0.00428. The quantitative estimate of drug-likeness (QED) is 0.539. The van der Waals surface area contributed by atoms with Crippen LogP contribution in [-0.4, -0.2) is 61.9 Å². The summed E-state index contributed by atoms with van der Waals surface area (Å²) in [5, 5.41) is 2.95. The van der Waals surface area contributed by atoms with Crippen molar-refractivity contribution in [3.63, 3.8) is 0 Å². The van der Waals surface area contributed by atoms with Gasteiger partial charge in [0.1, 0.15) is 0 Å². The molecule has 2 aliphatic heterocycles. The maximum atomic E-state index is 13.1. The Morgan fingerprint density at radius 1 is 1.32 bits per heavy atom. The number of amides is 1. The Kier molecular flexibility index (Phi) is 6.65. The molecule has 8 nitrogen and oxygen atoms in total. The van der Waals surface area contributed by atoms with Crippen LogP contribution in [0, 0.1) is 11.8 Å². The molecule has 1 spiro atoms. The molecule has 2 saturated heterocycles. The fourth-order valence-electron chi connectivity index (χ4n) is 4.13. The van der Waals surface area contributed by atoms with E-state index in [1.807, 2.05) is 19.1 Å². The molecule has 4 rings (SSSR count). The summed E-state index contributed by atoms with van der Waals surface area (Å²) in [6, 6.07) is 3.80. The molecule has 1 saturated carbocycles. The highest BCUT2D eigenvalue weighted by Gasteiger charge is 2.51. The summed E-state index contributed by atoms with van der Waals surface area (Å²) in [6.07, 6.45) is 4.67. The smallest absolute Gasteiger partial charge is 0.308 e. The zero-order valence-corrected chi connectivity index (χ0v) is 18.5. The molecule has 1 amide bonds. The second kappa shape index (κ2) is 9.42. The highest BCUT2D eigenvalue weighted by atomic mass is 16.5. The van der Waals surface area contributed by atoms with Crippen LogP contribution in [0.15, 0.2) is 12.1 Å². The lowest BCUT2D eigenvalue weighted by atomic mass is 9.82. The van der Waals surface area contributed by atoms with Gasteiger partial charge in [-0.15, -0.1) is 0 Å². The number of anilines is 1. The molecule has 31 heavy (non-hydrogen) atoms. The lowest BCUT2D eigenvalue weighted by Gasteiger charge is -2.59. The fraction of sp³-hybridized carbons (Fsp3) is 0.696. The molecule has 1 N–H and O–H groups in total. The van der Waals surface area contributed by atoms with Crippen molar-refractivity contribution >= 4 is 17.6 Å². The molecule has 0 aromatic carbocycles. The highest BCUT2D eigenvalue weighted by Crippen LogP contribution is 2.42. The van der Waals surface area contributed by atoms with Crippen LogP contribution in [-0.2, 0) is 14.3 Å². The average Bonchev–Trinajstić information content (AvgIpc) is 3.53. The largest absolute Gasteiger partial charge is 0.477 e. The Balaban J connectivity index is 1.44. The number of pyridine rings is 1. The van der Waals surface area contributed by atoms with Gasteiger partial charge in [-0.3, -0.25) is 9.59 Å². The zero-order valence-electron chi connectivity index (χ0n) is 18.5. The number of rotatable bonds is 11. The molecule has 1 aliphatic carbocycles. The van der Waals surface area contributed by atoms with Gasteiger partial charge in [0.05, 0.1) is 43.6 Å². The summed E-state index contributed by atoms with van der Waals surface area (Å²) in [5.41, 5.74) is 1.20. The normalized spacial score (nSPS) is 19.9. The summed E-state index contributed by atoms with van der Waals surface area (Å²) >= 11 is 0. The van der Waals surface area contributed by atoms with E-state index in [9.17, 15) is 9.59 Å². The fourth-order valence-corrected chi connectivity index (χ4v) is 4.13. The van der Waals surface area contributed by atoms with E-state index in [1.54, 1.807) is 6.92 Å². The van der Waals surface area contributed by atoms with E-state index in [2.05, 4.69) is 15.2 Å². The molecule has 170 valence electrons. The molecule has 3 heterocycles. The number of hydrogen-bond acceptors (Lipinski definition) is 7. The van der Waals surface area contributed by atoms with Gasteiger partial charge in [-0.05, 0) is 51.0 Å². The minimum Gasteiger partial charge on any atom is -0.477 e. The predicted molar refractivity (Wildman–Crippen MR) is 115 cm³/mol. The minimum atomic E-state index is -0.243. The Morgan fingerprint density at radius 3 is 2.71 bits per heavy atom. The molecule has 1 unspecified atom stereocenters. The van der Waals surface area contributed by atoms with Crippen LogP contribution >= 0.6 is 0 Å². The first kappa shape index (κ1) is 21.9. The van der Waals surface area contributed by atoms with E-state index >= 15 is 0 Å². The number of nitrogens with zero attached hydrogens (tertiary/aromatic N) is 2. The molecule has 3 fully saturated rings. The number of hydrogen-bond donors (Lipinski definition) is 1. The first-order chi connectivity index (χ1) is 15.1. The van der Waals surface area contributed by atoms with Crippen molar-refractivity contribution in [3.05, 3.63) is 17.8 Å². The number of esters is 1. The molecule has 1 aromatic heterocycles. The lowest BCUT2D eigenvalue weighted by molar-refractivity contribution is -0.148. The molecule has 1 aromatic rings. The zero-order chi connectivity index (χ0) is 21.8. The first-order valence-corrected chi connectivity index (χ1v) is 11.5. The van der Waals surface area contributed by atoms with E-state index in [-0.39, 0.29) is 23.3 Å². The van der Waals surface area contributed by atoms with Crippen LogP contribution in [0.4, 0.5) is 5.69 Å². The van der Waals surface area contributed by atoms with Gasteiger partial charge >= 0.3 is 5.97 Å². The van der Waals surface area contributed by atoms with Crippen LogP contribution in [0.3, 0.4) is 0 Å². The first-order valence-electron chi connectivity index (χ1n) is 11.5. The van der Waals surface area contributed by atoms with Crippen LogP contribution in [0.1, 0.15) is 56.4 Å². The van der Waals surface area contributed by atoms with Crippen molar-refractivity contribution in [3.8, 4) is 5.88 Å². The van der Waals surface area contributed by atoms with E-state index in [0.717, 1.165) is 18.7 Å². The second-order valence-electron chi connectivity index (χ2n) is 8.79. The van der Waals surface area contributed by atoms with E-state index in [1.165, 1.54) is 12.8 Å². The number of carbonyl (C=O) groups excluding carboxylic acids is 2. The van der Waals surface area contributed by atoms with Crippen molar-refractivity contribution in [2.24, 2.45) is 11.8 Å². The van der Waals surface area contributed by atoms with Gasteiger partial charge in [0.2, 0.25) is 5.88 Å². The number of nitrogens with one attached hydrogen (secondary N) is 1. The molecule has 0 bridgehead atoms. The Labute approximate surface area is 183 Å². The van der Waals surface area contributed by atoms with Crippen molar-refractivity contribution in [1.82, 2.24) is 10.3 Å². The van der Waals surface area contributed by atoms with Gasteiger partial charge in [-0.2, -0.15) is 0 Å². The Morgan fingerprint density at radius 2 is 2.13 bits per heavy atom. The molecule has 8 heteroatoms. The van der Waals surface area contributed by atoms with Gasteiger partial charge in [0.25, 0.3) is 5.91 Å². The van der Waals surface area contributed by atoms with Crippen molar-refractivity contribution in [1.29, 1.82) is 0 Å². The number of carbonyl (C=O) groups is 2. The van der Waals surface area contributed by atoms with Crippen LogP contribution in [0.25, 0.3) is 0 Å². The third-order valence-electron chi connectivity index (χ3n) is 6.52. The Bertz CT molecular complexity index is 801. The predicted octanol–water partition coefficient (Wildman–Crippen LogP) is 2.56. The summed E-state index contributed by atoms with van der Waals surface area (Å²) in [6.45, 7) is 7.41. The maximum absolute atomic E-state index is 13.1. The molecular weight excluding hydrogens is 398 g/mol. The molecule has 0 radical (unpaired) electrons. The summed E-state index contributed by atoms with van der Waals surface area (Å²) < 4.78 is 16.4. The summed E-state index contributed by atoms with van der Waals surface area (Å²) in [4.78, 5) is 31.9. The third-order valence-corrected chi connectivity index (χ3v) is 6.52. The number of aromatic nitrogens is 1.